The second kappa shape index (κ2) is 10.4. The third-order valence-electron chi connectivity index (χ3n) is 0.682. The predicted octanol–water partition coefficient (Wildman–Crippen LogP) is -4.15. The van der Waals surface area contributed by atoms with E-state index >= 15 is 0 Å². The summed E-state index contributed by atoms with van der Waals surface area (Å²) in [5.41, 5.74) is 0. The van der Waals surface area contributed by atoms with Crippen molar-refractivity contribution in [3.8, 4) is 0 Å². The van der Waals surface area contributed by atoms with Gasteiger partial charge in [-0.2, -0.15) is 0 Å². The first-order valence-corrected chi connectivity index (χ1v) is 3.06. The first-order valence-electron chi connectivity index (χ1n) is 3.06. The van der Waals surface area contributed by atoms with Gasteiger partial charge in [0.2, 0.25) is 0 Å². The van der Waals surface area contributed by atoms with Gasteiger partial charge in [-0.25, -0.2) is 0 Å². The summed E-state index contributed by atoms with van der Waals surface area (Å²) in [7, 11) is 0. The molecule has 0 aliphatic heterocycles. The van der Waals surface area contributed by atoms with Gasteiger partial charge in [0.25, 0.3) is 0 Å². The Morgan fingerprint density at radius 2 is 1.08 bits per heavy atom. The average molecular weight is 266 g/mol. The molecule has 0 aromatic heterocycles. The van der Waals surface area contributed by atoms with E-state index in [2.05, 4.69) is 0 Å². The van der Waals surface area contributed by atoms with Crippen LogP contribution in [0.4, 0.5) is 0 Å². The van der Waals surface area contributed by atoms with E-state index in [1.165, 1.54) is 0 Å². The fourth-order valence-electron chi connectivity index (χ4n) is 0. The molecular formula is C6H10O6Sr. The minimum Gasteiger partial charge on any atom is -0.547 e. The molecule has 0 aromatic carbocycles. The van der Waals surface area contributed by atoms with E-state index in [-0.39, 0.29) is 45.5 Å². The second-order valence-electron chi connectivity index (χ2n) is 1.99. The molecule has 0 spiro atoms. The molecule has 0 amide bonds. The van der Waals surface area contributed by atoms with Gasteiger partial charge in [-0.1, -0.05) is 0 Å². The number of carboxylic acid groups (broad SMARTS) is 2. The number of aliphatic carboxylic acids is 2. The van der Waals surface area contributed by atoms with Crippen LogP contribution < -0.4 is 10.2 Å². The third-order valence-corrected chi connectivity index (χ3v) is 0.682. The summed E-state index contributed by atoms with van der Waals surface area (Å²) in [5, 5.41) is 34.6. The van der Waals surface area contributed by atoms with Gasteiger partial charge in [-0.05, 0) is 13.8 Å². The monoisotopic (exact) mass is 266 g/mol. The van der Waals surface area contributed by atoms with Crippen LogP contribution in [0, 0.1) is 0 Å². The molecule has 13 heavy (non-hydrogen) atoms. The van der Waals surface area contributed by atoms with Gasteiger partial charge in [0, 0.05) is 0 Å². The molecule has 0 rings (SSSR count). The Bertz CT molecular complexity index is 137. The first kappa shape index (κ1) is 19.0. The summed E-state index contributed by atoms with van der Waals surface area (Å²) in [5.74, 6) is -2.87. The summed E-state index contributed by atoms with van der Waals surface area (Å²) in [6.07, 6.45) is -2.69. The molecule has 0 saturated heterocycles. The fraction of sp³-hybridized carbons (Fsp3) is 0.667. The number of carboxylic acids is 2. The van der Waals surface area contributed by atoms with Crippen LogP contribution in [0.3, 0.4) is 0 Å². The number of hydrogen-bond acceptors (Lipinski definition) is 6. The van der Waals surface area contributed by atoms with Gasteiger partial charge in [0.15, 0.2) is 0 Å². The van der Waals surface area contributed by atoms with Gasteiger partial charge in [0.05, 0.1) is 24.1 Å². The van der Waals surface area contributed by atoms with Crippen molar-refractivity contribution in [2.75, 3.05) is 0 Å². The molecule has 2 N–H and O–H groups in total. The Kier molecular flexibility index (Phi) is 15.2. The zero-order valence-electron chi connectivity index (χ0n) is 7.39. The van der Waals surface area contributed by atoms with Crippen LogP contribution in [0.25, 0.3) is 0 Å². The van der Waals surface area contributed by atoms with Gasteiger partial charge in [-0.15, -0.1) is 0 Å². The van der Waals surface area contributed by atoms with Crippen LogP contribution in [0.2, 0.25) is 0 Å². The van der Waals surface area contributed by atoms with Crippen molar-refractivity contribution in [2.45, 2.75) is 26.1 Å². The number of rotatable bonds is 2. The zero-order chi connectivity index (χ0) is 10.3. The molecule has 0 unspecified atom stereocenters. The van der Waals surface area contributed by atoms with Crippen LogP contribution in [0.5, 0.6) is 0 Å². The van der Waals surface area contributed by atoms with E-state index in [1.54, 1.807) is 0 Å². The molecule has 0 saturated carbocycles. The number of hydrogen-bond donors (Lipinski definition) is 2. The van der Waals surface area contributed by atoms with Gasteiger partial charge >= 0.3 is 45.5 Å². The van der Waals surface area contributed by atoms with Crippen LogP contribution >= 0.6 is 0 Å². The van der Waals surface area contributed by atoms with Gasteiger partial charge in [0.1, 0.15) is 0 Å². The molecule has 0 aromatic rings. The molecule has 0 heterocycles. The molecular weight excluding hydrogens is 256 g/mol. The molecule has 72 valence electrons. The Morgan fingerprint density at radius 1 is 1.00 bits per heavy atom. The van der Waals surface area contributed by atoms with E-state index in [0.29, 0.717) is 0 Å². The molecule has 6 nitrogen and oxygen atoms in total. The van der Waals surface area contributed by atoms with Crippen molar-refractivity contribution in [3.05, 3.63) is 0 Å². The summed E-state index contributed by atoms with van der Waals surface area (Å²) >= 11 is 0. The summed E-state index contributed by atoms with van der Waals surface area (Å²) in [6.45, 7) is 2.27. The Hall–Kier alpha value is 0.341. The number of carbonyl (C=O) groups excluding carboxylic acids is 2. The van der Waals surface area contributed by atoms with Crippen molar-refractivity contribution in [2.24, 2.45) is 0 Å². The Morgan fingerprint density at radius 3 is 1.08 bits per heavy atom. The second-order valence-corrected chi connectivity index (χ2v) is 1.99. The van der Waals surface area contributed by atoms with Crippen LogP contribution in [0.15, 0.2) is 0 Å². The van der Waals surface area contributed by atoms with E-state index in [0.717, 1.165) is 13.8 Å². The third kappa shape index (κ3) is 19.0. The maximum absolute atomic E-state index is 9.34. The van der Waals surface area contributed by atoms with E-state index in [1.807, 2.05) is 0 Å². The predicted molar refractivity (Wildman–Crippen MR) is 39.1 cm³/mol. The summed E-state index contributed by atoms with van der Waals surface area (Å²) in [6, 6.07) is 0. The topological polar surface area (TPSA) is 121 Å². The van der Waals surface area contributed by atoms with Crippen molar-refractivity contribution >= 4 is 57.4 Å². The normalized spacial score (nSPS) is 12.6. The smallest absolute Gasteiger partial charge is 0.547 e. The van der Waals surface area contributed by atoms with E-state index in [4.69, 9.17) is 10.2 Å². The fourth-order valence-corrected chi connectivity index (χ4v) is 0. The number of aliphatic hydroxyl groups excluding tert-OH is 2. The minimum absolute atomic E-state index is 0. The van der Waals surface area contributed by atoms with Crippen molar-refractivity contribution in [3.63, 3.8) is 0 Å². The number of aliphatic hydroxyl groups is 2. The standard InChI is InChI=1S/2C3H6O3.Sr/c2*1-2(4)3(5)6;/h2*2,4H,1H3,(H,5,6);/q;;+2/p-2/t2*2-;/m11./s1. The molecule has 0 fully saturated rings. The molecule has 7 heteroatoms. The minimum atomic E-state index is -1.44. The van der Waals surface area contributed by atoms with Gasteiger partial charge in [-0.3, -0.25) is 0 Å². The largest absolute Gasteiger partial charge is 2.00 e. The zero-order valence-corrected chi connectivity index (χ0v) is 10.9. The molecule has 0 aliphatic rings. The quantitative estimate of drug-likeness (QED) is 0.489. The SMILES string of the molecule is C[C@@H](O)C(=O)[O-].C[C@@H](O)C(=O)[O-].[Sr+2]. The summed E-state index contributed by atoms with van der Waals surface area (Å²) < 4.78 is 0. The van der Waals surface area contributed by atoms with Crippen LogP contribution in [-0.2, 0) is 9.59 Å². The summed E-state index contributed by atoms with van der Waals surface area (Å²) in [4.78, 5) is 18.7. The van der Waals surface area contributed by atoms with Crippen molar-refractivity contribution in [1.29, 1.82) is 0 Å². The molecule has 0 aliphatic carbocycles. The maximum atomic E-state index is 9.34. The molecule has 0 bridgehead atoms. The average Bonchev–Trinajstić information content (AvgIpc) is 1.88. The molecule has 2 atom stereocenters. The number of carbonyl (C=O) groups is 2. The van der Waals surface area contributed by atoms with Gasteiger partial charge < -0.3 is 30.0 Å². The van der Waals surface area contributed by atoms with Crippen LogP contribution in [0.1, 0.15) is 13.8 Å². The van der Waals surface area contributed by atoms with E-state index < -0.39 is 24.1 Å². The first-order chi connectivity index (χ1) is 5.29. The van der Waals surface area contributed by atoms with Crippen molar-refractivity contribution in [1.82, 2.24) is 0 Å². The van der Waals surface area contributed by atoms with Crippen LogP contribution in [-0.4, -0.2) is 79.8 Å². The Labute approximate surface area is 112 Å². The Balaban J connectivity index is -0.000000143. The molecule has 0 radical (unpaired) electrons. The maximum Gasteiger partial charge on any atom is 2.00 e. The van der Waals surface area contributed by atoms with Crippen molar-refractivity contribution < 1.29 is 30.0 Å². The van der Waals surface area contributed by atoms with E-state index in [9.17, 15) is 19.8 Å².